The summed E-state index contributed by atoms with van der Waals surface area (Å²) in [6.07, 6.45) is 2.75. The second kappa shape index (κ2) is 7.43. The van der Waals surface area contributed by atoms with E-state index in [2.05, 4.69) is 20.3 Å². The summed E-state index contributed by atoms with van der Waals surface area (Å²) in [4.78, 5) is 23.9. The predicted molar refractivity (Wildman–Crippen MR) is 106 cm³/mol. The van der Waals surface area contributed by atoms with Gasteiger partial charge in [0, 0.05) is 6.07 Å². The van der Waals surface area contributed by atoms with Crippen LogP contribution in [0.2, 0.25) is 0 Å². The highest BCUT2D eigenvalue weighted by atomic mass is 16.6. The molecular weight excluding hydrogens is 376 g/mol. The van der Waals surface area contributed by atoms with Crippen molar-refractivity contribution in [3.05, 3.63) is 65.2 Å². The molecule has 0 fully saturated rings. The molecule has 0 saturated heterocycles. The van der Waals surface area contributed by atoms with Crippen LogP contribution in [0.4, 0.5) is 17.2 Å². The Bertz CT molecular complexity index is 1210. The molecule has 29 heavy (non-hydrogen) atoms. The van der Waals surface area contributed by atoms with E-state index in [0.717, 1.165) is 0 Å². The molecule has 146 valence electrons. The molecule has 0 spiro atoms. The minimum Gasteiger partial charge on any atom is -0.497 e. The van der Waals surface area contributed by atoms with Crippen LogP contribution in [-0.4, -0.2) is 38.7 Å². The SMILES string of the molecule is COc1ccc(OC)c(Nc2ncnc(-n3cnc4ccccc43)c2[N+](=O)[O-])c1. The van der Waals surface area contributed by atoms with E-state index in [-0.39, 0.29) is 17.3 Å². The number of fused-ring (bicyclic) bond motifs is 1. The quantitative estimate of drug-likeness (QED) is 0.391. The van der Waals surface area contributed by atoms with Gasteiger partial charge in [-0.05, 0) is 24.3 Å². The van der Waals surface area contributed by atoms with Crippen LogP contribution in [0.5, 0.6) is 11.5 Å². The second-order valence-corrected chi connectivity index (χ2v) is 5.95. The van der Waals surface area contributed by atoms with Crippen LogP contribution < -0.4 is 14.8 Å². The molecule has 0 bridgehead atoms. The van der Waals surface area contributed by atoms with Crippen LogP contribution in [0.25, 0.3) is 16.9 Å². The lowest BCUT2D eigenvalue weighted by molar-refractivity contribution is -0.384. The molecule has 2 aromatic heterocycles. The molecule has 0 radical (unpaired) electrons. The molecule has 0 amide bonds. The molecule has 1 N–H and O–H groups in total. The molecule has 10 heteroatoms. The molecule has 0 aliphatic rings. The Hall–Kier alpha value is -4.21. The van der Waals surface area contributed by atoms with Crippen LogP contribution in [0.1, 0.15) is 0 Å². The molecule has 10 nitrogen and oxygen atoms in total. The van der Waals surface area contributed by atoms with Crippen molar-refractivity contribution in [1.82, 2.24) is 19.5 Å². The van der Waals surface area contributed by atoms with Gasteiger partial charge in [0.2, 0.25) is 11.6 Å². The van der Waals surface area contributed by atoms with Gasteiger partial charge in [-0.3, -0.25) is 14.7 Å². The first-order valence-electron chi connectivity index (χ1n) is 8.53. The summed E-state index contributed by atoms with van der Waals surface area (Å²) in [5.41, 5.74) is 1.57. The number of imidazole rings is 1. The van der Waals surface area contributed by atoms with Crippen LogP contribution in [0.15, 0.2) is 55.1 Å². The highest BCUT2D eigenvalue weighted by Gasteiger charge is 2.26. The fourth-order valence-corrected chi connectivity index (χ4v) is 2.97. The number of hydrogen-bond donors (Lipinski definition) is 1. The number of methoxy groups -OCH3 is 2. The Morgan fingerprint density at radius 1 is 1.07 bits per heavy atom. The topological polar surface area (TPSA) is 117 Å². The number of nitrogens with one attached hydrogen (secondary N) is 1. The number of nitro groups is 1. The molecule has 0 aliphatic carbocycles. The molecule has 0 aliphatic heterocycles. The summed E-state index contributed by atoms with van der Waals surface area (Å²) >= 11 is 0. The van der Waals surface area contributed by atoms with E-state index in [1.165, 1.54) is 26.9 Å². The fourth-order valence-electron chi connectivity index (χ4n) is 2.97. The smallest absolute Gasteiger partial charge is 0.354 e. The third-order valence-corrected chi connectivity index (χ3v) is 4.33. The monoisotopic (exact) mass is 392 g/mol. The van der Waals surface area contributed by atoms with Crippen molar-refractivity contribution in [3.63, 3.8) is 0 Å². The predicted octanol–water partition coefficient (Wildman–Crippen LogP) is 3.48. The third kappa shape index (κ3) is 3.27. The van der Waals surface area contributed by atoms with E-state index in [4.69, 9.17) is 9.47 Å². The number of nitrogens with zero attached hydrogens (tertiary/aromatic N) is 5. The zero-order valence-electron chi connectivity index (χ0n) is 15.6. The number of ether oxygens (including phenoxy) is 2. The van der Waals surface area contributed by atoms with Crippen LogP contribution in [-0.2, 0) is 0 Å². The zero-order chi connectivity index (χ0) is 20.4. The summed E-state index contributed by atoms with van der Waals surface area (Å²) < 4.78 is 12.1. The Labute approximate surface area is 164 Å². The summed E-state index contributed by atoms with van der Waals surface area (Å²) in [5.74, 6) is 1.16. The van der Waals surface area contributed by atoms with Crippen LogP contribution in [0.3, 0.4) is 0 Å². The van der Waals surface area contributed by atoms with Gasteiger partial charge in [-0.15, -0.1) is 0 Å². The molecule has 2 aromatic carbocycles. The summed E-state index contributed by atoms with van der Waals surface area (Å²) in [6.45, 7) is 0. The molecule has 0 saturated carbocycles. The summed E-state index contributed by atoms with van der Waals surface area (Å²) in [5, 5.41) is 14.9. The van der Waals surface area contributed by atoms with Gasteiger partial charge in [0.15, 0.2) is 0 Å². The maximum Gasteiger partial charge on any atom is 0.354 e. The first-order chi connectivity index (χ1) is 14.1. The summed E-state index contributed by atoms with van der Waals surface area (Å²) in [7, 11) is 3.03. The molecule has 2 heterocycles. The van der Waals surface area contributed by atoms with E-state index in [9.17, 15) is 10.1 Å². The first kappa shape index (κ1) is 18.2. The van der Waals surface area contributed by atoms with Crippen molar-refractivity contribution in [3.8, 4) is 17.3 Å². The van der Waals surface area contributed by atoms with Gasteiger partial charge in [0.25, 0.3) is 0 Å². The van der Waals surface area contributed by atoms with Gasteiger partial charge >= 0.3 is 5.69 Å². The largest absolute Gasteiger partial charge is 0.497 e. The van der Waals surface area contributed by atoms with Crippen molar-refractivity contribution < 1.29 is 14.4 Å². The van der Waals surface area contributed by atoms with Crippen molar-refractivity contribution in [1.29, 1.82) is 0 Å². The number of para-hydroxylation sites is 2. The lowest BCUT2D eigenvalue weighted by atomic mass is 10.2. The Morgan fingerprint density at radius 3 is 2.66 bits per heavy atom. The van der Waals surface area contributed by atoms with Gasteiger partial charge in [0.1, 0.15) is 24.2 Å². The summed E-state index contributed by atoms with van der Waals surface area (Å²) in [6, 6.07) is 12.4. The number of aromatic nitrogens is 4. The average Bonchev–Trinajstić information content (AvgIpc) is 3.17. The Kier molecular flexibility index (Phi) is 4.65. The van der Waals surface area contributed by atoms with Gasteiger partial charge in [-0.1, -0.05) is 12.1 Å². The van der Waals surface area contributed by atoms with Gasteiger partial charge < -0.3 is 14.8 Å². The van der Waals surface area contributed by atoms with Crippen molar-refractivity contribution in [2.75, 3.05) is 19.5 Å². The number of rotatable bonds is 6. The van der Waals surface area contributed by atoms with Gasteiger partial charge in [-0.25, -0.2) is 15.0 Å². The Balaban J connectivity index is 1.86. The van der Waals surface area contributed by atoms with E-state index >= 15 is 0 Å². The number of hydrogen-bond acceptors (Lipinski definition) is 8. The normalized spacial score (nSPS) is 10.7. The third-order valence-electron chi connectivity index (χ3n) is 4.33. The second-order valence-electron chi connectivity index (χ2n) is 5.95. The van der Waals surface area contributed by atoms with E-state index in [1.807, 2.05) is 24.3 Å². The fraction of sp³-hybridized carbons (Fsp3) is 0.105. The number of benzene rings is 2. The molecular formula is C19H16N6O4. The Morgan fingerprint density at radius 2 is 1.90 bits per heavy atom. The molecule has 0 atom stereocenters. The highest BCUT2D eigenvalue weighted by Crippen LogP contribution is 2.36. The lowest BCUT2D eigenvalue weighted by Crippen LogP contribution is -2.07. The first-order valence-corrected chi connectivity index (χ1v) is 8.53. The van der Waals surface area contributed by atoms with Crippen molar-refractivity contribution in [2.45, 2.75) is 0 Å². The maximum atomic E-state index is 11.9. The average molecular weight is 392 g/mol. The van der Waals surface area contributed by atoms with Crippen LogP contribution >= 0.6 is 0 Å². The maximum absolute atomic E-state index is 11.9. The lowest BCUT2D eigenvalue weighted by Gasteiger charge is -2.13. The highest BCUT2D eigenvalue weighted by molar-refractivity contribution is 5.80. The molecule has 0 unspecified atom stereocenters. The van der Waals surface area contributed by atoms with E-state index in [0.29, 0.717) is 28.2 Å². The molecule has 4 rings (SSSR count). The number of anilines is 2. The van der Waals surface area contributed by atoms with Crippen molar-refractivity contribution in [2.24, 2.45) is 0 Å². The van der Waals surface area contributed by atoms with Gasteiger partial charge in [-0.2, -0.15) is 0 Å². The standard InChI is InChI=1S/C19H16N6O4/c1-28-12-7-8-16(29-2)14(9-12)23-18-17(25(26)27)19(21-10-20-18)24-11-22-13-5-3-4-6-15(13)24/h3-11H,1-2H3,(H,20,21,23). The van der Waals surface area contributed by atoms with Gasteiger partial charge in [0.05, 0.1) is 35.9 Å². The van der Waals surface area contributed by atoms with Crippen LogP contribution in [0, 0.1) is 10.1 Å². The van der Waals surface area contributed by atoms with E-state index in [1.54, 1.807) is 22.8 Å². The van der Waals surface area contributed by atoms with E-state index < -0.39 is 4.92 Å². The minimum atomic E-state index is -0.529. The minimum absolute atomic E-state index is 0.0179. The zero-order valence-corrected chi connectivity index (χ0v) is 15.6. The van der Waals surface area contributed by atoms with Crippen molar-refractivity contribution >= 4 is 28.2 Å². The molecule has 4 aromatic rings.